The second kappa shape index (κ2) is 6.32. The summed E-state index contributed by atoms with van der Waals surface area (Å²) in [5.41, 5.74) is 2.36. The summed E-state index contributed by atoms with van der Waals surface area (Å²) < 4.78 is 8.50. The molecule has 0 aliphatic carbocycles. The predicted octanol–water partition coefficient (Wildman–Crippen LogP) is 3.29. The van der Waals surface area contributed by atoms with Crippen LogP contribution in [0.2, 0.25) is 0 Å². The van der Waals surface area contributed by atoms with E-state index in [9.17, 15) is 9.59 Å². The van der Waals surface area contributed by atoms with Gasteiger partial charge < -0.3 is 19.2 Å². The highest BCUT2D eigenvalue weighted by atomic mass is 16.5. The van der Waals surface area contributed by atoms with Crippen LogP contribution >= 0.6 is 0 Å². The van der Waals surface area contributed by atoms with Gasteiger partial charge in [-0.15, -0.1) is 0 Å². The lowest BCUT2D eigenvalue weighted by Crippen LogP contribution is -2.22. The van der Waals surface area contributed by atoms with Crippen molar-refractivity contribution in [2.45, 2.75) is 0 Å². The summed E-state index contributed by atoms with van der Waals surface area (Å²) in [7, 11) is 5.07. The number of hydrogen-bond acceptors (Lipinski definition) is 3. The zero-order chi connectivity index (χ0) is 19.1. The number of methoxy groups -OCH3 is 1. The molecule has 0 aliphatic rings. The molecule has 136 valence electrons. The topological polar surface area (TPSA) is 65.3 Å². The van der Waals surface area contributed by atoms with Gasteiger partial charge in [0.2, 0.25) is 0 Å². The van der Waals surface area contributed by atoms with Crippen molar-refractivity contribution >= 4 is 33.4 Å². The molecule has 0 spiro atoms. The molecule has 0 bridgehead atoms. The maximum Gasteiger partial charge on any atom is 0.274 e. The van der Waals surface area contributed by atoms with Gasteiger partial charge in [-0.25, -0.2) is 0 Å². The first-order chi connectivity index (χ1) is 13.0. The Bertz CT molecular complexity index is 1250. The molecule has 0 aliphatic heterocycles. The molecular formula is C21H19N3O3. The fourth-order valence-electron chi connectivity index (χ4n) is 3.47. The number of anilines is 1. The lowest BCUT2D eigenvalue weighted by molar-refractivity contribution is 0.102. The van der Waals surface area contributed by atoms with Gasteiger partial charge in [-0.3, -0.25) is 9.59 Å². The van der Waals surface area contributed by atoms with Crippen LogP contribution in [0.1, 0.15) is 10.4 Å². The van der Waals surface area contributed by atoms with Crippen molar-refractivity contribution in [3.8, 4) is 5.75 Å². The number of rotatable bonds is 3. The van der Waals surface area contributed by atoms with E-state index < -0.39 is 0 Å². The van der Waals surface area contributed by atoms with Gasteiger partial charge in [-0.1, -0.05) is 24.3 Å². The standard InChI is InChI=1S/C21H19N3O3/c1-23-12-16(20(25)22-13-7-6-8-14(11-13)27-3)18-15-9-4-5-10-17(15)24(2)19(18)21(23)26/h4-12H,1-3H3,(H,22,25). The van der Waals surface area contributed by atoms with Crippen molar-refractivity contribution in [3.63, 3.8) is 0 Å². The first-order valence-corrected chi connectivity index (χ1v) is 8.53. The quantitative estimate of drug-likeness (QED) is 0.609. The average molecular weight is 361 g/mol. The van der Waals surface area contributed by atoms with Gasteiger partial charge in [-0.05, 0) is 18.2 Å². The number of carbonyl (C=O) groups is 1. The molecule has 0 unspecified atom stereocenters. The smallest absolute Gasteiger partial charge is 0.274 e. The molecule has 0 atom stereocenters. The highest BCUT2D eigenvalue weighted by Crippen LogP contribution is 2.29. The van der Waals surface area contributed by atoms with Crippen LogP contribution in [-0.2, 0) is 14.1 Å². The number of nitrogens with one attached hydrogen (secondary N) is 1. The molecule has 2 aromatic heterocycles. The molecule has 2 aromatic carbocycles. The van der Waals surface area contributed by atoms with E-state index >= 15 is 0 Å². The van der Waals surface area contributed by atoms with Crippen LogP contribution in [0, 0.1) is 0 Å². The van der Waals surface area contributed by atoms with E-state index in [0.29, 0.717) is 27.9 Å². The first-order valence-electron chi connectivity index (χ1n) is 8.53. The second-order valence-electron chi connectivity index (χ2n) is 6.44. The van der Waals surface area contributed by atoms with Gasteiger partial charge in [-0.2, -0.15) is 0 Å². The number of amides is 1. The molecule has 1 N–H and O–H groups in total. The van der Waals surface area contributed by atoms with E-state index in [1.807, 2.05) is 48.0 Å². The molecule has 0 fully saturated rings. The Hall–Kier alpha value is -3.54. The third-order valence-electron chi connectivity index (χ3n) is 4.79. The van der Waals surface area contributed by atoms with Crippen LogP contribution in [0.15, 0.2) is 59.5 Å². The second-order valence-corrected chi connectivity index (χ2v) is 6.44. The number of benzene rings is 2. The van der Waals surface area contributed by atoms with Crippen LogP contribution in [0.4, 0.5) is 5.69 Å². The number of aryl methyl sites for hydroxylation is 2. The minimum atomic E-state index is -0.278. The van der Waals surface area contributed by atoms with Gasteiger partial charge in [0.15, 0.2) is 0 Å². The van der Waals surface area contributed by atoms with Gasteiger partial charge in [0.1, 0.15) is 11.3 Å². The van der Waals surface area contributed by atoms with Crippen LogP contribution in [0.3, 0.4) is 0 Å². The van der Waals surface area contributed by atoms with Gasteiger partial charge in [0.25, 0.3) is 11.5 Å². The average Bonchev–Trinajstić information content (AvgIpc) is 2.98. The summed E-state index contributed by atoms with van der Waals surface area (Å²) in [5.74, 6) is 0.378. The maximum atomic E-state index is 13.1. The molecule has 4 aromatic rings. The number of pyridine rings is 1. The number of carbonyl (C=O) groups excluding carboxylic acids is 1. The molecule has 6 nitrogen and oxygen atoms in total. The first kappa shape index (κ1) is 16.9. The van der Waals surface area contributed by atoms with E-state index in [4.69, 9.17) is 4.74 Å². The largest absolute Gasteiger partial charge is 0.497 e. The molecule has 0 saturated heterocycles. The summed E-state index contributed by atoms with van der Waals surface area (Å²) in [6.45, 7) is 0. The van der Waals surface area contributed by atoms with Crippen LogP contribution in [0.25, 0.3) is 21.8 Å². The van der Waals surface area contributed by atoms with E-state index in [1.165, 1.54) is 4.57 Å². The Morgan fingerprint density at radius 3 is 2.63 bits per heavy atom. The number of ether oxygens (including phenoxy) is 1. The zero-order valence-electron chi connectivity index (χ0n) is 15.3. The molecule has 1 amide bonds. The molecule has 0 radical (unpaired) electrons. The number of hydrogen-bond donors (Lipinski definition) is 1. The van der Waals surface area contributed by atoms with Gasteiger partial charge >= 0.3 is 0 Å². The highest BCUT2D eigenvalue weighted by Gasteiger charge is 2.20. The lowest BCUT2D eigenvalue weighted by Gasteiger charge is -2.10. The van der Waals surface area contributed by atoms with Crippen molar-refractivity contribution in [2.24, 2.45) is 14.1 Å². The molecule has 4 rings (SSSR count). The summed E-state index contributed by atoms with van der Waals surface area (Å²) in [6, 6.07) is 14.9. The minimum Gasteiger partial charge on any atom is -0.497 e. The Morgan fingerprint density at radius 1 is 1.07 bits per heavy atom. The molecular weight excluding hydrogens is 342 g/mol. The van der Waals surface area contributed by atoms with E-state index in [0.717, 1.165) is 10.9 Å². The van der Waals surface area contributed by atoms with E-state index in [-0.39, 0.29) is 11.5 Å². The maximum absolute atomic E-state index is 13.1. The van der Waals surface area contributed by atoms with Crippen molar-refractivity contribution in [1.82, 2.24) is 9.13 Å². The summed E-state index contributed by atoms with van der Waals surface area (Å²) in [4.78, 5) is 25.8. The fraction of sp³-hybridized carbons (Fsp3) is 0.143. The zero-order valence-corrected chi connectivity index (χ0v) is 15.3. The number of aromatic nitrogens is 2. The Labute approximate surface area is 155 Å². The van der Waals surface area contributed by atoms with Crippen LogP contribution < -0.4 is 15.6 Å². The summed E-state index contributed by atoms with van der Waals surface area (Å²) >= 11 is 0. The van der Waals surface area contributed by atoms with Crippen molar-refractivity contribution in [1.29, 1.82) is 0 Å². The van der Waals surface area contributed by atoms with Gasteiger partial charge in [0, 0.05) is 48.3 Å². The van der Waals surface area contributed by atoms with Crippen molar-refractivity contribution < 1.29 is 9.53 Å². The van der Waals surface area contributed by atoms with Gasteiger partial charge in [0.05, 0.1) is 12.7 Å². The molecule has 27 heavy (non-hydrogen) atoms. The third-order valence-corrected chi connectivity index (χ3v) is 4.79. The number of para-hydroxylation sites is 1. The van der Waals surface area contributed by atoms with Crippen molar-refractivity contribution in [3.05, 3.63) is 70.6 Å². The fourth-order valence-corrected chi connectivity index (χ4v) is 3.47. The monoisotopic (exact) mass is 361 g/mol. The third kappa shape index (κ3) is 2.66. The Morgan fingerprint density at radius 2 is 1.85 bits per heavy atom. The normalized spacial score (nSPS) is 11.1. The molecule has 0 saturated carbocycles. The Balaban J connectivity index is 1.93. The number of fused-ring (bicyclic) bond motifs is 3. The molecule has 6 heteroatoms. The van der Waals surface area contributed by atoms with E-state index in [2.05, 4.69) is 5.32 Å². The predicted molar refractivity (Wildman–Crippen MR) is 107 cm³/mol. The summed E-state index contributed by atoms with van der Waals surface area (Å²) in [5, 5.41) is 4.44. The highest BCUT2D eigenvalue weighted by molar-refractivity contribution is 6.20. The minimum absolute atomic E-state index is 0.137. The Kier molecular flexibility index (Phi) is 3.96. The lowest BCUT2D eigenvalue weighted by atomic mass is 10.1. The number of nitrogens with zero attached hydrogens (tertiary/aromatic N) is 2. The van der Waals surface area contributed by atoms with Crippen molar-refractivity contribution in [2.75, 3.05) is 12.4 Å². The summed E-state index contributed by atoms with van der Waals surface area (Å²) in [6.07, 6.45) is 1.59. The van der Waals surface area contributed by atoms with E-state index in [1.54, 1.807) is 32.5 Å². The molecule has 2 heterocycles. The SMILES string of the molecule is COc1cccc(NC(=O)c2cn(C)c(=O)c3c2c2ccccc2n3C)c1. The van der Waals surface area contributed by atoms with Crippen LogP contribution in [0.5, 0.6) is 5.75 Å². The van der Waals surface area contributed by atoms with Crippen LogP contribution in [-0.4, -0.2) is 22.2 Å².